The van der Waals surface area contributed by atoms with Gasteiger partial charge in [-0.05, 0) is 12.2 Å². The number of aliphatic carboxylic acids is 1. The minimum absolute atomic E-state index is 0. The summed E-state index contributed by atoms with van der Waals surface area (Å²) in [6.45, 7) is 6.05. The van der Waals surface area contributed by atoms with Crippen molar-refractivity contribution >= 4 is 18.0 Å². The molecule has 3 N–H and O–H groups in total. The van der Waals surface area contributed by atoms with Gasteiger partial charge in [-0.2, -0.15) is 0 Å². The van der Waals surface area contributed by atoms with Crippen molar-refractivity contribution in [3.05, 3.63) is 25.3 Å². The third-order valence-corrected chi connectivity index (χ3v) is 0.376. The topological polar surface area (TPSA) is 144 Å². The number of primary amides is 1. The first-order valence-corrected chi connectivity index (χ1v) is 2.93. The molecule has 0 unspecified atom stereocenters. The molecular weight excluding hydrogens is 240 g/mol. The normalized spacial score (nSPS) is 5.50. The molecule has 7 nitrogen and oxygen atoms in total. The van der Waals surface area contributed by atoms with Gasteiger partial charge in [0.15, 0.2) is 0 Å². The predicted molar refractivity (Wildman–Crippen MR) is 42.6 cm³/mol. The van der Waals surface area contributed by atoms with Crippen molar-refractivity contribution in [2.75, 3.05) is 0 Å². The number of rotatable bonds is 2. The average Bonchev–Trinajstić information content (AvgIpc) is 2.04. The maximum atomic E-state index is 9.47. The summed E-state index contributed by atoms with van der Waals surface area (Å²) in [5, 5.41) is 24.3. The van der Waals surface area contributed by atoms with E-state index in [9.17, 15) is 9.59 Å². The van der Waals surface area contributed by atoms with Gasteiger partial charge >= 0.3 is 65.1 Å². The van der Waals surface area contributed by atoms with Gasteiger partial charge in [0.1, 0.15) is 0 Å². The number of hydrogen-bond donors (Lipinski definition) is 2. The van der Waals surface area contributed by atoms with E-state index in [0.717, 1.165) is 12.2 Å². The third kappa shape index (κ3) is 162. The quantitative estimate of drug-likeness (QED) is 0.367. The van der Waals surface area contributed by atoms with Crippen LogP contribution in [0.15, 0.2) is 25.3 Å². The molecule has 0 fully saturated rings. The summed E-state index contributed by atoms with van der Waals surface area (Å²) < 4.78 is 0. The van der Waals surface area contributed by atoms with Crippen LogP contribution in [0, 0.1) is 0 Å². The van der Waals surface area contributed by atoms with Crippen LogP contribution < -0.4 is 75.1 Å². The molecule has 0 aromatic heterocycles. The maximum Gasteiger partial charge on any atom is 1.00 e. The second kappa shape index (κ2) is 24.1. The van der Waals surface area contributed by atoms with E-state index in [0.29, 0.717) is 0 Å². The Morgan fingerprint density at radius 1 is 1.06 bits per heavy atom. The zero-order valence-corrected chi connectivity index (χ0v) is 13.1. The zero-order chi connectivity index (χ0) is 12.1. The molecule has 80 valence electrons. The first kappa shape index (κ1) is 29.6. The number of nitrogens with two attached hydrogens (primary N) is 1. The number of carboxylic acid groups (broad SMARTS) is 3. The van der Waals surface area contributed by atoms with Gasteiger partial charge < -0.3 is 25.8 Å². The molecule has 0 spiro atoms. The summed E-state index contributed by atoms with van der Waals surface area (Å²) in [7, 11) is 0. The van der Waals surface area contributed by atoms with Gasteiger partial charge in [0, 0.05) is 6.08 Å². The fraction of sp³-hybridized carbons (Fsp3) is 0. The molecule has 0 aliphatic rings. The van der Waals surface area contributed by atoms with Gasteiger partial charge in [0.25, 0.3) is 0 Å². The molecule has 0 atom stereocenters. The van der Waals surface area contributed by atoms with Crippen LogP contribution in [0.3, 0.4) is 0 Å². The van der Waals surface area contributed by atoms with Crippen molar-refractivity contribution in [1.29, 1.82) is 0 Å². The monoisotopic (exact) mass is 249 g/mol. The molecule has 9 heteroatoms. The Morgan fingerprint density at radius 3 is 1.19 bits per heavy atom. The standard InChI is InChI=1S/C3H5NO.C3H4O2.CH2O3.2Na/c2*1-2-3(4)5;2-1(3)4;;/h2H,1H2,(H2,4,5);2H,1H2,(H,4,5);(H2,2,3,4);;/q;;;2*+1/p-2. The van der Waals surface area contributed by atoms with E-state index in [1.165, 1.54) is 0 Å². The molecule has 0 heterocycles. The Labute approximate surface area is 137 Å². The van der Waals surface area contributed by atoms with Gasteiger partial charge in [0.2, 0.25) is 5.91 Å². The van der Waals surface area contributed by atoms with Gasteiger partial charge in [0.05, 0.1) is 0 Å². The van der Waals surface area contributed by atoms with Crippen LogP contribution in [-0.4, -0.2) is 23.1 Å². The Bertz CT molecular complexity index is 209. The van der Waals surface area contributed by atoms with E-state index >= 15 is 0 Å². The number of carbonyl (C=O) groups is 3. The summed E-state index contributed by atoms with van der Waals surface area (Å²) in [5.41, 5.74) is 4.53. The van der Waals surface area contributed by atoms with E-state index in [-0.39, 0.29) is 59.1 Å². The third-order valence-electron chi connectivity index (χ3n) is 0.376. The van der Waals surface area contributed by atoms with Crippen LogP contribution in [0.1, 0.15) is 0 Å². The van der Waals surface area contributed by atoms with E-state index in [1.807, 2.05) is 0 Å². The minimum atomic E-state index is -2.33. The van der Waals surface area contributed by atoms with E-state index in [1.54, 1.807) is 0 Å². The van der Waals surface area contributed by atoms with E-state index in [4.69, 9.17) is 20.1 Å². The van der Waals surface area contributed by atoms with Crippen molar-refractivity contribution < 1.29 is 88.8 Å². The smallest absolute Gasteiger partial charge is 0.652 e. The molecule has 0 bridgehead atoms. The van der Waals surface area contributed by atoms with Crippen molar-refractivity contribution in [2.45, 2.75) is 0 Å². The fourth-order valence-corrected chi connectivity index (χ4v) is 0. The largest absolute Gasteiger partial charge is 1.00 e. The van der Waals surface area contributed by atoms with Crippen molar-refractivity contribution in [3.63, 3.8) is 0 Å². The van der Waals surface area contributed by atoms with Crippen LogP contribution in [0.4, 0.5) is 4.79 Å². The van der Waals surface area contributed by atoms with E-state index in [2.05, 4.69) is 18.9 Å². The molecule has 1 amide bonds. The minimum Gasteiger partial charge on any atom is -0.652 e. The molecule has 16 heavy (non-hydrogen) atoms. The van der Waals surface area contributed by atoms with Crippen molar-refractivity contribution in [3.8, 4) is 0 Å². The molecule has 0 saturated heterocycles. The fourth-order valence-electron chi connectivity index (χ4n) is 0. The molecule has 0 aliphatic heterocycles. The summed E-state index contributed by atoms with van der Waals surface area (Å²) in [6.07, 6.45) is -0.444. The van der Waals surface area contributed by atoms with Gasteiger partial charge in [-0.1, -0.05) is 13.2 Å². The molecular formula is C7H9NNa2O6. The van der Waals surface area contributed by atoms with Crippen molar-refractivity contribution in [1.82, 2.24) is 0 Å². The number of carbonyl (C=O) groups excluding carboxylic acids is 2. The predicted octanol–water partition coefficient (Wildman–Crippen LogP) is -8.52. The Kier molecular flexibility index (Phi) is 44.6. The second-order valence-corrected chi connectivity index (χ2v) is 1.40. The molecule has 0 aromatic rings. The Balaban J connectivity index is -0.0000000358. The zero-order valence-electron chi connectivity index (χ0n) is 9.13. The second-order valence-electron chi connectivity index (χ2n) is 1.40. The van der Waals surface area contributed by atoms with Crippen LogP contribution in [0.2, 0.25) is 0 Å². The van der Waals surface area contributed by atoms with Crippen LogP contribution >= 0.6 is 0 Å². The molecule has 0 rings (SSSR count). The summed E-state index contributed by atoms with van der Waals surface area (Å²) in [4.78, 5) is 27.1. The molecule has 0 aliphatic carbocycles. The maximum absolute atomic E-state index is 9.47. The Hall–Kier alpha value is -0.310. The van der Waals surface area contributed by atoms with E-state index < -0.39 is 18.0 Å². The number of hydrogen-bond acceptors (Lipinski definition) is 5. The summed E-state index contributed by atoms with van der Waals surface area (Å²) in [5.74, 6) is -1.46. The average molecular weight is 249 g/mol. The Morgan fingerprint density at radius 2 is 1.19 bits per heavy atom. The molecule has 0 saturated carbocycles. The number of carboxylic acids is 1. The number of amides is 1. The first-order valence-electron chi connectivity index (χ1n) is 2.93. The first-order chi connectivity index (χ1) is 6.27. The van der Waals surface area contributed by atoms with Crippen LogP contribution in [-0.2, 0) is 9.59 Å². The van der Waals surface area contributed by atoms with Crippen LogP contribution in [0.25, 0.3) is 0 Å². The molecule has 0 radical (unpaired) electrons. The van der Waals surface area contributed by atoms with Gasteiger partial charge in [-0.3, -0.25) is 4.79 Å². The van der Waals surface area contributed by atoms with Crippen LogP contribution in [0.5, 0.6) is 0 Å². The van der Waals surface area contributed by atoms with Crippen molar-refractivity contribution in [2.24, 2.45) is 5.73 Å². The SMILES string of the molecule is C=CC(=O)O.C=CC(N)=O.O=C([O-])[O-].[Na+].[Na+]. The summed E-state index contributed by atoms with van der Waals surface area (Å²) in [6, 6.07) is 0. The summed E-state index contributed by atoms with van der Waals surface area (Å²) >= 11 is 0. The van der Waals surface area contributed by atoms with Gasteiger partial charge in [-0.15, -0.1) is 0 Å². The molecule has 0 aromatic carbocycles. The van der Waals surface area contributed by atoms with Gasteiger partial charge in [-0.25, -0.2) is 4.79 Å².